The summed E-state index contributed by atoms with van der Waals surface area (Å²) in [5.74, 6) is -0.986. The molecule has 17 heavy (non-hydrogen) atoms. The number of hydrogen-bond acceptors (Lipinski definition) is 4. The third-order valence-electron chi connectivity index (χ3n) is 2.54. The first kappa shape index (κ1) is 11.6. The Kier molecular flexibility index (Phi) is 3.39. The molecule has 1 heterocycles. The average Bonchev–Trinajstić information content (AvgIpc) is 2.80. The highest BCUT2D eigenvalue weighted by Crippen LogP contribution is 2.17. The van der Waals surface area contributed by atoms with Crippen LogP contribution in [0.5, 0.6) is 0 Å². The van der Waals surface area contributed by atoms with Crippen molar-refractivity contribution >= 4 is 11.7 Å². The van der Waals surface area contributed by atoms with Crippen molar-refractivity contribution in [3.63, 3.8) is 0 Å². The highest BCUT2D eigenvalue weighted by molar-refractivity contribution is 6.03. The van der Waals surface area contributed by atoms with Gasteiger partial charge in [0.1, 0.15) is 0 Å². The van der Waals surface area contributed by atoms with E-state index in [9.17, 15) is 4.79 Å². The van der Waals surface area contributed by atoms with E-state index < -0.39 is 12.1 Å². The summed E-state index contributed by atoms with van der Waals surface area (Å²) in [7, 11) is 1.64. The fourth-order valence-corrected chi connectivity index (χ4v) is 1.64. The molecule has 0 radical (unpaired) electrons. The summed E-state index contributed by atoms with van der Waals surface area (Å²) in [6.45, 7) is 0.557. The normalized spacial score (nSPS) is 18.6. The van der Waals surface area contributed by atoms with Gasteiger partial charge in [-0.05, 0) is 11.1 Å². The Morgan fingerprint density at radius 3 is 2.76 bits per heavy atom. The van der Waals surface area contributed by atoms with Gasteiger partial charge in [0.25, 0.3) is 0 Å². The molecule has 1 unspecified atom stereocenters. The van der Waals surface area contributed by atoms with Crippen LogP contribution >= 0.6 is 0 Å². The lowest BCUT2D eigenvalue weighted by Gasteiger charge is -2.02. The zero-order valence-electron chi connectivity index (χ0n) is 9.42. The highest BCUT2D eigenvalue weighted by Gasteiger charge is 2.28. The van der Waals surface area contributed by atoms with Gasteiger partial charge in [0.2, 0.25) is 6.10 Å². The Hall–Kier alpha value is -1.88. The van der Waals surface area contributed by atoms with Crippen LogP contribution in [0.1, 0.15) is 17.5 Å². The number of methoxy groups -OCH3 is 1. The van der Waals surface area contributed by atoms with Crippen molar-refractivity contribution in [2.45, 2.75) is 19.1 Å². The second kappa shape index (κ2) is 4.97. The number of benzene rings is 1. The third-order valence-corrected chi connectivity index (χ3v) is 2.54. The summed E-state index contributed by atoms with van der Waals surface area (Å²) in [6, 6.07) is 7.63. The molecule has 0 amide bonds. The highest BCUT2D eigenvalue weighted by atomic mass is 16.7. The number of aliphatic carboxylic acids is 1. The molecule has 1 N–H and O–H groups in total. The Morgan fingerprint density at radius 1 is 1.53 bits per heavy atom. The minimum Gasteiger partial charge on any atom is -0.478 e. The van der Waals surface area contributed by atoms with Crippen LogP contribution in [0.4, 0.5) is 0 Å². The number of carboxylic acid groups (broad SMARTS) is 1. The van der Waals surface area contributed by atoms with E-state index in [0.29, 0.717) is 18.7 Å². The summed E-state index contributed by atoms with van der Waals surface area (Å²) < 4.78 is 5.01. The maximum atomic E-state index is 10.7. The molecular formula is C12H13NO4. The number of carboxylic acids is 1. The Bertz CT molecular complexity index is 438. The number of carbonyl (C=O) groups is 1. The zero-order valence-corrected chi connectivity index (χ0v) is 9.42. The van der Waals surface area contributed by atoms with Crippen molar-refractivity contribution in [3.05, 3.63) is 35.4 Å². The van der Waals surface area contributed by atoms with E-state index in [0.717, 1.165) is 11.1 Å². The molecule has 5 nitrogen and oxygen atoms in total. The van der Waals surface area contributed by atoms with E-state index in [1.807, 2.05) is 24.3 Å². The molecule has 1 atom stereocenters. The second-order valence-electron chi connectivity index (χ2n) is 3.80. The number of ether oxygens (including phenoxy) is 1. The molecule has 0 saturated heterocycles. The van der Waals surface area contributed by atoms with Gasteiger partial charge in [0.05, 0.1) is 12.3 Å². The van der Waals surface area contributed by atoms with E-state index in [-0.39, 0.29) is 0 Å². The van der Waals surface area contributed by atoms with Crippen LogP contribution in [-0.4, -0.2) is 30.0 Å². The first-order valence-corrected chi connectivity index (χ1v) is 5.24. The van der Waals surface area contributed by atoms with Gasteiger partial charge in [0, 0.05) is 13.5 Å². The van der Waals surface area contributed by atoms with Crippen molar-refractivity contribution < 1.29 is 19.5 Å². The quantitative estimate of drug-likeness (QED) is 0.856. The van der Waals surface area contributed by atoms with E-state index in [1.165, 1.54) is 0 Å². The monoisotopic (exact) mass is 235 g/mol. The summed E-state index contributed by atoms with van der Waals surface area (Å²) in [4.78, 5) is 15.5. The Morgan fingerprint density at radius 2 is 2.24 bits per heavy atom. The van der Waals surface area contributed by atoms with Gasteiger partial charge in [-0.2, -0.15) is 0 Å². The second-order valence-corrected chi connectivity index (χ2v) is 3.80. The van der Waals surface area contributed by atoms with Gasteiger partial charge in [-0.15, -0.1) is 0 Å². The molecule has 0 bridgehead atoms. The molecule has 90 valence electrons. The third kappa shape index (κ3) is 2.62. The minimum atomic E-state index is -0.986. The summed E-state index contributed by atoms with van der Waals surface area (Å²) >= 11 is 0. The molecule has 0 aliphatic carbocycles. The lowest BCUT2D eigenvalue weighted by atomic mass is 10.0. The first-order valence-electron chi connectivity index (χ1n) is 5.24. The van der Waals surface area contributed by atoms with Crippen molar-refractivity contribution in [3.8, 4) is 0 Å². The maximum absolute atomic E-state index is 10.7. The van der Waals surface area contributed by atoms with Gasteiger partial charge in [-0.1, -0.05) is 29.4 Å². The van der Waals surface area contributed by atoms with Crippen LogP contribution in [0, 0.1) is 0 Å². The molecule has 0 fully saturated rings. The van der Waals surface area contributed by atoms with Crippen molar-refractivity contribution in [1.82, 2.24) is 0 Å². The number of nitrogens with zero attached hydrogens (tertiary/aromatic N) is 1. The largest absolute Gasteiger partial charge is 0.478 e. The van der Waals surface area contributed by atoms with Gasteiger partial charge < -0.3 is 14.7 Å². The Labute approximate surface area is 98.6 Å². The van der Waals surface area contributed by atoms with Gasteiger partial charge in [-0.3, -0.25) is 0 Å². The molecule has 0 aromatic heterocycles. The smallest absolute Gasteiger partial charge is 0.348 e. The lowest BCUT2D eigenvalue weighted by Crippen LogP contribution is -2.19. The van der Waals surface area contributed by atoms with Crippen molar-refractivity contribution in [2.75, 3.05) is 7.11 Å². The molecule has 2 rings (SSSR count). The molecule has 1 aromatic carbocycles. The van der Waals surface area contributed by atoms with Crippen molar-refractivity contribution in [2.24, 2.45) is 5.16 Å². The molecule has 1 aliphatic heterocycles. The summed E-state index contributed by atoms with van der Waals surface area (Å²) in [6.07, 6.45) is -0.553. The van der Waals surface area contributed by atoms with E-state index in [1.54, 1.807) is 7.11 Å². The van der Waals surface area contributed by atoms with Crippen LogP contribution in [0.25, 0.3) is 0 Å². The molecule has 0 saturated carbocycles. The van der Waals surface area contributed by atoms with E-state index in [4.69, 9.17) is 14.7 Å². The Balaban J connectivity index is 2.06. The molecule has 5 heteroatoms. The van der Waals surface area contributed by atoms with Gasteiger partial charge in [-0.25, -0.2) is 4.79 Å². The maximum Gasteiger partial charge on any atom is 0.348 e. The fourth-order valence-electron chi connectivity index (χ4n) is 1.64. The standard InChI is InChI=1S/C12H13NO4/c1-16-7-8-2-4-9(5-3-8)10-6-11(12(14)15)17-13-10/h2-5,11H,6-7H2,1H3,(H,14,15). The molecular weight excluding hydrogens is 222 g/mol. The number of hydrogen-bond donors (Lipinski definition) is 1. The predicted octanol–water partition coefficient (Wildman–Crippen LogP) is 1.41. The van der Waals surface area contributed by atoms with E-state index in [2.05, 4.69) is 5.16 Å². The average molecular weight is 235 g/mol. The number of rotatable bonds is 4. The topological polar surface area (TPSA) is 68.1 Å². The van der Waals surface area contributed by atoms with E-state index >= 15 is 0 Å². The molecule has 0 spiro atoms. The van der Waals surface area contributed by atoms with Crippen LogP contribution in [0.2, 0.25) is 0 Å². The number of oxime groups is 1. The summed E-state index contributed by atoms with van der Waals surface area (Å²) in [5, 5.41) is 12.6. The van der Waals surface area contributed by atoms with Crippen LogP contribution in [-0.2, 0) is 21.0 Å². The van der Waals surface area contributed by atoms with Crippen LogP contribution in [0.3, 0.4) is 0 Å². The van der Waals surface area contributed by atoms with Gasteiger partial charge >= 0.3 is 5.97 Å². The van der Waals surface area contributed by atoms with Crippen molar-refractivity contribution in [1.29, 1.82) is 0 Å². The zero-order chi connectivity index (χ0) is 12.3. The molecule has 1 aliphatic rings. The predicted molar refractivity (Wildman–Crippen MR) is 60.8 cm³/mol. The SMILES string of the molecule is COCc1ccc(C2=NOC(C(=O)O)C2)cc1. The fraction of sp³-hybridized carbons (Fsp3) is 0.333. The first-order chi connectivity index (χ1) is 8.20. The minimum absolute atomic E-state index is 0.305. The summed E-state index contributed by atoms with van der Waals surface area (Å²) in [5.41, 5.74) is 2.61. The van der Waals surface area contributed by atoms with Crippen LogP contribution < -0.4 is 0 Å². The van der Waals surface area contributed by atoms with Gasteiger partial charge in [0.15, 0.2) is 0 Å². The van der Waals surface area contributed by atoms with Crippen LogP contribution in [0.15, 0.2) is 29.4 Å². The lowest BCUT2D eigenvalue weighted by molar-refractivity contribution is -0.148. The molecule has 1 aromatic rings.